The van der Waals surface area contributed by atoms with Gasteiger partial charge >= 0.3 is 0 Å². The van der Waals surface area contributed by atoms with Gasteiger partial charge in [-0.2, -0.15) is 0 Å². The highest BCUT2D eigenvalue weighted by molar-refractivity contribution is 5.93. The first-order valence-corrected chi connectivity index (χ1v) is 13.7. The number of aromatic hydroxyl groups is 2. The van der Waals surface area contributed by atoms with E-state index in [1.165, 1.54) is 12.1 Å². The largest absolute Gasteiger partial charge is 0.506 e. The van der Waals surface area contributed by atoms with Crippen molar-refractivity contribution >= 4 is 22.1 Å². The number of hydrogen-bond donors (Lipinski definition) is 4. The topological polar surface area (TPSA) is 111 Å². The Morgan fingerprint density at radius 2 is 1.05 bits per heavy atom. The molecule has 0 radical (unpaired) electrons. The minimum Gasteiger partial charge on any atom is -0.506 e. The number of phenolic OH excluding ortho intramolecular Hbond substituents is 2. The molecule has 0 saturated heterocycles. The minimum absolute atomic E-state index is 0.0748. The molecular weight excluding hydrogens is 548 g/mol. The smallest absolute Gasteiger partial charge is 0.143 e. The van der Waals surface area contributed by atoms with Gasteiger partial charge in [-0.3, -0.25) is 0 Å². The fourth-order valence-electron chi connectivity index (χ4n) is 4.47. The molecule has 0 fully saturated rings. The van der Waals surface area contributed by atoms with Crippen LogP contribution in [0.3, 0.4) is 0 Å². The lowest BCUT2D eigenvalue weighted by molar-refractivity contribution is 0.455. The third-order valence-electron chi connectivity index (χ3n) is 6.76. The molecule has 0 atom stereocenters. The molecule has 212 valence electrons. The van der Waals surface area contributed by atoms with Crippen LogP contribution in [0.15, 0.2) is 121 Å². The van der Waals surface area contributed by atoms with Crippen LogP contribution in [0, 0.1) is 23.7 Å². The lowest BCUT2D eigenvalue weighted by Crippen LogP contribution is -1.95. The summed E-state index contributed by atoms with van der Waals surface area (Å²) in [7, 11) is 0. The number of benzene rings is 6. The van der Waals surface area contributed by atoms with E-state index in [-0.39, 0.29) is 22.9 Å². The van der Waals surface area contributed by atoms with Gasteiger partial charge in [-0.05, 0) is 72.1 Å². The first-order chi connectivity index (χ1) is 21.4. The van der Waals surface area contributed by atoms with Gasteiger partial charge in [0.05, 0.1) is 22.5 Å². The van der Waals surface area contributed by atoms with Crippen LogP contribution in [-0.2, 0) is 0 Å². The van der Waals surface area contributed by atoms with Crippen LogP contribution in [-0.4, -0.2) is 10.2 Å². The van der Waals surface area contributed by atoms with Gasteiger partial charge in [-0.25, -0.2) is 0 Å². The highest BCUT2D eigenvalue weighted by Crippen LogP contribution is 2.38. The van der Waals surface area contributed by atoms with E-state index < -0.39 is 0 Å². The molecule has 0 unspecified atom stereocenters. The SMILES string of the molecule is Nc1ccc(Oc2cc3ccc(Oc4ccc(N)c(O)c4)c(C#Cc4ccccc4)c3cc2C#Cc2ccccc2)cc1O. The molecule has 0 spiro atoms. The van der Waals surface area contributed by atoms with Crippen molar-refractivity contribution in [3.63, 3.8) is 0 Å². The highest BCUT2D eigenvalue weighted by Gasteiger charge is 2.14. The Morgan fingerprint density at radius 1 is 0.500 bits per heavy atom. The van der Waals surface area contributed by atoms with Crippen LogP contribution in [0.25, 0.3) is 10.8 Å². The summed E-state index contributed by atoms with van der Waals surface area (Å²) in [6.45, 7) is 0. The quantitative estimate of drug-likeness (QED) is 0.0971. The molecule has 0 aliphatic carbocycles. The third kappa shape index (κ3) is 6.21. The first-order valence-electron chi connectivity index (χ1n) is 13.7. The summed E-state index contributed by atoms with van der Waals surface area (Å²) in [5, 5.41) is 21.9. The van der Waals surface area contributed by atoms with Gasteiger partial charge in [-0.15, -0.1) is 0 Å². The number of rotatable bonds is 4. The maximum absolute atomic E-state index is 10.2. The highest BCUT2D eigenvalue weighted by atomic mass is 16.5. The molecule has 6 nitrogen and oxygen atoms in total. The molecular formula is C38H26N2O4. The van der Waals surface area contributed by atoms with E-state index in [9.17, 15) is 10.2 Å². The molecule has 44 heavy (non-hydrogen) atoms. The fraction of sp³-hybridized carbons (Fsp3) is 0. The average Bonchev–Trinajstić information content (AvgIpc) is 3.04. The molecule has 6 N–H and O–H groups in total. The number of ether oxygens (including phenoxy) is 2. The van der Waals surface area contributed by atoms with Gasteiger partial charge in [0.15, 0.2) is 0 Å². The first kappa shape index (κ1) is 27.7. The van der Waals surface area contributed by atoms with Crippen molar-refractivity contribution in [2.24, 2.45) is 0 Å². The van der Waals surface area contributed by atoms with Gasteiger partial charge in [0.2, 0.25) is 0 Å². The van der Waals surface area contributed by atoms with Crippen molar-refractivity contribution in [2.45, 2.75) is 0 Å². The van der Waals surface area contributed by atoms with Gasteiger partial charge in [-0.1, -0.05) is 66.1 Å². The lowest BCUT2D eigenvalue weighted by atomic mass is 9.99. The van der Waals surface area contributed by atoms with Crippen molar-refractivity contribution in [1.29, 1.82) is 0 Å². The summed E-state index contributed by atoms with van der Waals surface area (Å²) >= 11 is 0. The molecule has 0 aliphatic heterocycles. The average molecular weight is 575 g/mol. The van der Waals surface area contributed by atoms with Crippen molar-refractivity contribution < 1.29 is 19.7 Å². The van der Waals surface area contributed by atoms with E-state index in [1.54, 1.807) is 24.3 Å². The molecule has 0 aromatic heterocycles. The predicted molar refractivity (Wildman–Crippen MR) is 174 cm³/mol. The number of anilines is 2. The maximum atomic E-state index is 10.2. The normalized spacial score (nSPS) is 10.3. The second-order valence-corrected chi connectivity index (χ2v) is 9.89. The van der Waals surface area contributed by atoms with Crippen LogP contribution >= 0.6 is 0 Å². The lowest BCUT2D eigenvalue weighted by Gasteiger charge is -2.14. The third-order valence-corrected chi connectivity index (χ3v) is 6.76. The predicted octanol–water partition coefficient (Wildman–Crippen LogP) is 7.80. The Kier molecular flexibility index (Phi) is 7.65. The maximum Gasteiger partial charge on any atom is 0.143 e. The standard InChI is InChI=1S/C38H26N2O4/c39-33-18-15-29(23-35(33)41)43-37-20-14-27-22-38(44-30-16-19-34(40)36(42)24-30)28(13-11-25-7-3-1-4-8-25)21-32(27)31(37)17-12-26-9-5-2-6-10-26/h1-10,14-16,18-24,41-42H,39-40H2. The Balaban J connectivity index is 1.54. The molecule has 0 heterocycles. The zero-order chi connectivity index (χ0) is 30.5. The van der Waals surface area contributed by atoms with E-state index in [1.807, 2.05) is 84.9 Å². The summed E-state index contributed by atoms with van der Waals surface area (Å²) in [4.78, 5) is 0. The van der Waals surface area contributed by atoms with Crippen molar-refractivity contribution in [2.75, 3.05) is 11.5 Å². The summed E-state index contributed by atoms with van der Waals surface area (Å²) in [6, 6.07) is 36.3. The second-order valence-electron chi connectivity index (χ2n) is 9.89. The van der Waals surface area contributed by atoms with Crippen molar-refractivity contribution in [3.05, 3.63) is 144 Å². The zero-order valence-corrected chi connectivity index (χ0v) is 23.4. The number of nitrogens with two attached hydrogens (primary N) is 2. The summed E-state index contributed by atoms with van der Waals surface area (Å²) in [6.07, 6.45) is 0. The van der Waals surface area contributed by atoms with Crippen LogP contribution < -0.4 is 20.9 Å². The molecule has 0 amide bonds. The summed E-state index contributed by atoms with van der Waals surface area (Å²) < 4.78 is 12.5. The number of phenols is 2. The van der Waals surface area contributed by atoms with Gasteiger partial charge in [0, 0.05) is 28.6 Å². The van der Waals surface area contributed by atoms with Gasteiger partial charge in [0.1, 0.15) is 34.5 Å². The molecule has 6 aromatic rings. The van der Waals surface area contributed by atoms with Crippen molar-refractivity contribution in [3.8, 4) is 58.2 Å². The zero-order valence-electron chi connectivity index (χ0n) is 23.4. The van der Waals surface area contributed by atoms with Gasteiger partial charge in [0.25, 0.3) is 0 Å². The molecule has 6 rings (SSSR count). The van der Waals surface area contributed by atoms with Crippen LogP contribution in [0.5, 0.6) is 34.5 Å². The summed E-state index contributed by atoms with van der Waals surface area (Å²) in [5.74, 6) is 14.7. The number of fused-ring (bicyclic) bond motifs is 1. The Bertz CT molecular complexity index is 2070. The monoisotopic (exact) mass is 574 g/mol. The molecule has 0 saturated carbocycles. The molecule has 6 aromatic carbocycles. The summed E-state index contributed by atoms with van der Waals surface area (Å²) in [5.41, 5.74) is 15.0. The second kappa shape index (κ2) is 12.2. The Morgan fingerprint density at radius 3 is 1.61 bits per heavy atom. The number of hydrogen-bond acceptors (Lipinski definition) is 6. The molecule has 0 bridgehead atoms. The van der Waals surface area contributed by atoms with E-state index in [2.05, 4.69) is 23.7 Å². The van der Waals surface area contributed by atoms with Crippen LogP contribution in [0.2, 0.25) is 0 Å². The Labute approximate surface area is 254 Å². The van der Waals surface area contributed by atoms with Crippen molar-refractivity contribution in [1.82, 2.24) is 0 Å². The minimum atomic E-state index is -0.0748. The van der Waals surface area contributed by atoms with Crippen LogP contribution in [0.1, 0.15) is 22.3 Å². The van der Waals surface area contributed by atoms with E-state index in [0.29, 0.717) is 34.1 Å². The number of nitrogen functional groups attached to an aromatic ring is 2. The Hall–Kier alpha value is -6.50. The van der Waals surface area contributed by atoms with Crippen LogP contribution in [0.4, 0.5) is 11.4 Å². The molecule has 6 heteroatoms. The van der Waals surface area contributed by atoms with E-state index >= 15 is 0 Å². The molecule has 0 aliphatic rings. The fourth-order valence-corrected chi connectivity index (χ4v) is 4.47. The van der Waals surface area contributed by atoms with E-state index in [4.69, 9.17) is 20.9 Å². The van der Waals surface area contributed by atoms with Gasteiger partial charge < -0.3 is 31.2 Å². The van der Waals surface area contributed by atoms with E-state index in [0.717, 1.165) is 21.9 Å².